The van der Waals surface area contributed by atoms with Gasteiger partial charge in [-0.25, -0.2) is 0 Å². The highest BCUT2D eigenvalue weighted by molar-refractivity contribution is 5.70. The van der Waals surface area contributed by atoms with Gasteiger partial charge in [0.1, 0.15) is 65.9 Å². The fourth-order valence-electron chi connectivity index (χ4n) is 5.16. The molecule has 3 aliphatic rings. The number of aromatic hydroxyl groups is 3. The Morgan fingerprint density at radius 2 is 1.32 bits per heavy atom. The molecule has 0 aliphatic carbocycles. The van der Waals surface area contributed by atoms with E-state index in [2.05, 4.69) is 4.74 Å². The zero-order chi connectivity index (χ0) is 31.9. The number of rotatable bonds is 8. The molecule has 44 heavy (non-hydrogen) atoms. The van der Waals surface area contributed by atoms with Crippen LogP contribution in [0.2, 0.25) is 0 Å². The molecular formula is C28H35O16+. The summed E-state index contributed by atoms with van der Waals surface area (Å²) < 4.78 is 32.6. The summed E-state index contributed by atoms with van der Waals surface area (Å²) in [7, 11) is 1.34. The van der Waals surface area contributed by atoms with Crippen molar-refractivity contribution in [3.05, 3.63) is 47.2 Å². The zero-order valence-corrected chi connectivity index (χ0v) is 23.2. The molecule has 0 amide bonds. The van der Waals surface area contributed by atoms with Crippen LogP contribution in [0.3, 0.4) is 0 Å². The summed E-state index contributed by atoms with van der Waals surface area (Å²) in [5.41, 5.74) is 0.558. The van der Waals surface area contributed by atoms with Gasteiger partial charge in [0.2, 0.25) is 12.6 Å². The van der Waals surface area contributed by atoms with E-state index in [4.69, 9.17) is 23.7 Å². The molecule has 5 rings (SSSR count). The summed E-state index contributed by atoms with van der Waals surface area (Å²) in [5.74, 6) is -0.411. The number of aliphatic hydroxyl groups excluding tert-OH is 8. The molecule has 2 saturated heterocycles. The number of phenolic OH excluding ortho intramolecular Hbond substituents is 2. The van der Waals surface area contributed by atoms with E-state index >= 15 is 0 Å². The van der Waals surface area contributed by atoms with Crippen molar-refractivity contribution in [1.29, 1.82) is 0 Å². The molecular weight excluding hydrogens is 592 g/mol. The molecule has 0 saturated carbocycles. The first-order chi connectivity index (χ1) is 21.0. The largest absolute Gasteiger partial charge is 0.571 e. The Morgan fingerprint density at radius 3 is 1.89 bits per heavy atom. The van der Waals surface area contributed by atoms with E-state index in [9.17, 15) is 51.1 Å². The third-order valence-corrected chi connectivity index (χ3v) is 7.64. The number of hydrogen-bond donors (Lipinski definition) is 10. The fourth-order valence-corrected chi connectivity index (χ4v) is 5.16. The molecule has 11 N–H and O–H groups in total. The van der Waals surface area contributed by atoms with Gasteiger partial charge in [0.05, 0.1) is 32.0 Å². The van der Waals surface area contributed by atoms with Crippen molar-refractivity contribution in [2.45, 2.75) is 67.5 Å². The summed E-state index contributed by atoms with van der Waals surface area (Å²) in [6.45, 7) is -1.40. The van der Waals surface area contributed by atoms with E-state index in [1.165, 1.54) is 37.5 Å². The first kappa shape index (κ1) is 32.0. The second-order valence-corrected chi connectivity index (χ2v) is 10.5. The Kier molecular flexibility index (Phi) is 9.38. The van der Waals surface area contributed by atoms with Crippen LogP contribution < -0.4 is 9.47 Å². The van der Waals surface area contributed by atoms with Crippen molar-refractivity contribution in [2.75, 3.05) is 20.3 Å². The highest BCUT2D eigenvalue weighted by atomic mass is 16.7. The lowest BCUT2D eigenvalue weighted by Gasteiger charge is -2.40. The number of ether oxygens (including phenoxy) is 6. The molecule has 2 fully saturated rings. The standard InChI is InChI=1S/C28H34O16/c1-39-16-4-10(2-3-13(16)32)26-17(42-28-25(38)23(36)21(34)19(9-30)44-28)7-12-14(40-26)5-11(31)6-15(12)41-27-24(37)22(35)20(33)18(8-29)43-27/h2-7,18-38H,8-9H2,1H3/p+1/t18-,19-,20+,21+,22-,23-,24-,25-,26?,27+,28+/m1/s1. The molecule has 2 aromatic carbocycles. The van der Waals surface area contributed by atoms with Crippen molar-refractivity contribution in [1.82, 2.24) is 0 Å². The Labute approximate surface area is 249 Å². The van der Waals surface area contributed by atoms with Crippen molar-refractivity contribution in [3.63, 3.8) is 0 Å². The molecule has 16 heteroatoms. The van der Waals surface area contributed by atoms with Crippen molar-refractivity contribution < 1.29 is 79.5 Å². The van der Waals surface area contributed by atoms with Gasteiger partial charge in [0, 0.05) is 12.1 Å². The van der Waals surface area contributed by atoms with Crippen LogP contribution in [0.1, 0.15) is 17.2 Å². The maximum absolute atomic E-state index is 10.6. The van der Waals surface area contributed by atoms with Gasteiger partial charge in [0.25, 0.3) is 11.9 Å². The van der Waals surface area contributed by atoms with E-state index in [-0.39, 0.29) is 40.1 Å². The maximum atomic E-state index is 10.6. The molecule has 0 bridgehead atoms. The number of methoxy groups -OCH3 is 1. The van der Waals surface area contributed by atoms with Crippen LogP contribution in [0.5, 0.6) is 28.7 Å². The van der Waals surface area contributed by atoms with Crippen LogP contribution in [-0.2, 0) is 14.2 Å². The van der Waals surface area contributed by atoms with Crippen molar-refractivity contribution in [2.24, 2.45) is 0 Å². The average Bonchev–Trinajstić information content (AvgIpc) is 3.01. The summed E-state index contributed by atoms with van der Waals surface area (Å²) in [6.07, 6.45) is -15.7. The predicted molar refractivity (Wildman–Crippen MR) is 144 cm³/mol. The Balaban J connectivity index is 1.55. The second kappa shape index (κ2) is 12.9. The summed E-state index contributed by atoms with van der Waals surface area (Å²) in [4.78, 5) is 0. The number of benzene rings is 2. The fraction of sp³-hybridized carbons (Fsp3) is 0.500. The van der Waals surface area contributed by atoms with Gasteiger partial charge < -0.3 is 79.5 Å². The lowest BCUT2D eigenvalue weighted by atomic mass is 9.98. The molecule has 0 radical (unpaired) electrons. The average molecular weight is 628 g/mol. The number of fused-ring (bicyclic) bond motifs is 1. The third-order valence-electron chi connectivity index (χ3n) is 7.64. The first-order valence-electron chi connectivity index (χ1n) is 13.6. The van der Waals surface area contributed by atoms with E-state index in [0.717, 1.165) is 6.07 Å². The SMILES string of the molecule is COc1cc(C2[OH+]c3cc(O)cc(O[C@H]4O[C@H](CO)[C@H](O)[C@@H](O)[C@H]4O)c3C=C2O[C@H]2O[C@H](CO)[C@H](O)[C@@H](O)[C@H]2O)ccc1O. The van der Waals surface area contributed by atoms with E-state index in [0.29, 0.717) is 5.56 Å². The topological polar surface area (TPSA) is 261 Å². The molecule has 1 unspecified atom stereocenters. The van der Waals surface area contributed by atoms with Gasteiger partial charge >= 0.3 is 0 Å². The Hall–Kier alpha value is -3.42. The Morgan fingerprint density at radius 1 is 0.727 bits per heavy atom. The van der Waals surface area contributed by atoms with Gasteiger partial charge in [-0.15, -0.1) is 0 Å². The Bertz CT molecular complexity index is 1350. The zero-order valence-electron chi connectivity index (χ0n) is 23.2. The first-order valence-corrected chi connectivity index (χ1v) is 13.6. The van der Waals surface area contributed by atoms with Gasteiger partial charge in [-0.3, -0.25) is 0 Å². The molecule has 16 nitrogen and oxygen atoms in total. The third kappa shape index (κ3) is 5.96. The van der Waals surface area contributed by atoms with Crippen LogP contribution >= 0.6 is 0 Å². The minimum Gasteiger partial charge on any atom is -0.571 e. The minimum atomic E-state index is -1.77. The lowest BCUT2D eigenvalue weighted by molar-refractivity contribution is -0.295. The smallest absolute Gasteiger partial charge is 0.270 e. The number of aliphatic hydroxyl groups is 9. The normalized spacial score (nSPS) is 35.2. The van der Waals surface area contributed by atoms with Gasteiger partial charge in [-0.05, 0) is 18.2 Å². The molecule has 3 heterocycles. The molecule has 0 aromatic heterocycles. The molecule has 2 aromatic rings. The second-order valence-electron chi connectivity index (χ2n) is 10.5. The highest BCUT2D eigenvalue weighted by Crippen LogP contribution is 2.47. The lowest BCUT2D eigenvalue weighted by Crippen LogP contribution is -2.60. The summed E-state index contributed by atoms with van der Waals surface area (Å²) in [6, 6.07) is 6.77. The minimum absolute atomic E-state index is 0.0288. The van der Waals surface area contributed by atoms with Crippen LogP contribution in [0.4, 0.5) is 0 Å². The summed E-state index contributed by atoms with van der Waals surface area (Å²) >= 11 is 0. The quantitative estimate of drug-likeness (QED) is 0.135. The molecule has 11 atom stereocenters. The van der Waals surface area contributed by atoms with Gasteiger partial charge in [-0.2, -0.15) is 0 Å². The van der Waals surface area contributed by atoms with E-state index in [1.54, 1.807) is 0 Å². The van der Waals surface area contributed by atoms with E-state index in [1.807, 2.05) is 0 Å². The number of phenols is 2. The number of hydrogen-bond acceptors (Lipinski definition) is 15. The maximum Gasteiger partial charge on any atom is 0.270 e. The van der Waals surface area contributed by atoms with Gasteiger partial charge in [-0.1, -0.05) is 0 Å². The van der Waals surface area contributed by atoms with Crippen LogP contribution in [-0.4, -0.2) is 138 Å². The van der Waals surface area contributed by atoms with E-state index < -0.39 is 80.7 Å². The monoisotopic (exact) mass is 627 g/mol. The van der Waals surface area contributed by atoms with Crippen LogP contribution in [0.15, 0.2) is 36.1 Å². The van der Waals surface area contributed by atoms with Crippen LogP contribution in [0, 0.1) is 0 Å². The predicted octanol–water partition coefficient (Wildman–Crippen LogP) is -2.56. The highest BCUT2D eigenvalue weighted by Gasteiger charge is 2.48. The molecule has 242 valence electrons. The van der Waals surface area contributed by atoms with Crippen LogP contribution in [0.25, 0.3) is 6.08 Å². The van der Waals surface area contributed by atoms with Crippen molar-refractivity contribution in [3.8, 4) is 28.7 Å². The van der Waals surface area contributed by atoms with Crippen molar-refractivity contribution >= 4 is 6.08 Å². The molecule has 3 aliphatic heterocycles. The van der Waals surface area contributed by atoms with Gasteiger partial charge in [0.15, 0.2) is 17.3 Å². The summed E-state index contributed by atoms with van der Waals surface area (Å²) in [5, 5.41) is 102. The molecule has 0 spiro atoms.